The predicted octanol–water partition coefficient (Wildman–Crippen LogP) is -0.816. The van der Waals surface area contributed by atoms with Crippen LogP contribution in [0.15, 0.2) is 18.2 Å². The zero-order chi connectivity index (χ0) is 22.4. The first kappa shape index (κ1) is 22.9. The molecule has 10 heteroatoms. The molecule has 1 aromatic rings. The predicted molar refractivity (Wildman–Crippen MR) is 111 cm³/mol. The lowest BCUT2D eigenvalue weighted by Gasteiger charge is -2.34. The molecule has 2 aliphatic heterocycles. The molecule has 0 spiro atoms. The van der Waals surface area contributed by atoms with E-state index < -0.39 is 29.8 Å². The van der Waals surface area contributed by atoms with Gasteiger partial charge in [0.1, 0.15) is 11.9 Å². The van der Waals surface area contributed by atoms with E-state index in [4.69, 9.17) is 0 Å². The zero-order valence-corrected chi connectivity index (χ0v) is 17.3. The van der Waals surface area contributed by atoms with Crippen LogP contribution in [0.2, 0.25) is 0 Å². The summed E-state index contributed by atoms with van der Waals surface area (Å²) in [7, 11) is 0. The fraction of sp³-hybridized carbons (Fsp3) is 0.571. The highest BCUT2D eigenvalue weighted by molar-refractivity contribution is 5.90. The monoisotopic (exact) mass is 433 g/mol. The fourth-order valence-corrected chi connectivity index (χ4v) is 3.95. The van der Waals surface area contributed by atoms with Crippen molar-refractivity contribution in [2.24, 2.45) is 5.92 Å². The third kappa shape index (κ3) is 5.70. The van der Waals surface area contributed by atoms with Crippen molar-refractivity contribution in [1.82, 2.24) is 15.5 Å². The molecule has 2 unspecified atom stereocenters. The molecule has 168 valence electrons. The van der Waals surface area contributed by atoms with Gasteiger partial charge in [-0.1, -0.05) is 0 Å². The van der Waals surface area contributed by atoms with Crippen LogP contribution in [0.4, 0.5) is 10.1 Å². The van der Waals surface area contributed by atoms with Gasteiger partial charge in [0.2, 0.25) is 0 Å². The Labute approximate surface area is 180 Å². The Bertz CT molecular complexity index is 832. The molecule has 2 heterocycles. The molecule has 3 rings (SSSR count). The Hall–Kier alpha value is -2.74. The normalized spacial score (nSPS) is 19.4. The SMILES string of the molecule is N#Cc1cc(F)ccc1N1CCC(CNC(=O)C(O)C(O)C(=O)N2CCNCC2)CC1. The second-order valence-corrected chi connectivity index (χ2v) is 7.91. The summed E-state index contributed by atoms with van der Waals surface area (Å²) in [4.78, 5) is 27.9. The van der Waals surface area contributed by atoms with Crippen molar-refractivity contribution in [3.8, 4) is 6.07 Å². The highest BCUT2D eigenvalue weighted by Gasteiger charge is 2.34. The van der Waals surface area contributed by atoms with Crippen LogP contribution in [-0.4, -0.2) is 84.9 Å². The Morgan fingerprint density at radius 1 is 1.19 bits per heavy atom. The number of carbonyl (C=O) groups excluding carboxylic acids is 2. The first-order chi connectivity index (χ1) is 14.9. The summed E-state index contributed by atoms with van der Waals surface area (Å²) >= 11 is 0. The van der Waals surface area contributed by atoms with Gasteiger partial charge in [0.15, 0.2) is 12.2 Å². The number of piperidine rings is 1. The van der Waals surface area contributed by atoms with E-state index in [1.165, 1.54) is 17.0 Å². The molecule has 0 radical (unpaired) electrons. The van der Waals surface area contributed by atoms with Gasteiger partial charge < -0.3 is 30.6 Å². The average molecular weight is 433 g/mol. The molecule has 4 N–H and O–H groups in total. The van der Waals surface area contributed by atoms with Gasteiger partial charge in [-0.2, -0.15) is 5.26 Å². The summed E-state index contributed by atoms with van der Waals surface area (Å²) in [6.07, 6.45) is -2.13. The molecule has 9 nitrogen and oxygen atoms in total. The molecule has 0 bridgehead atoms. The van der Waals surface area contributed by atoms with Crippen molar-refractivity contribution in [1.29, 1.82) is 5.26 Å². The number of aliphatic hydroxyl groups excluding tert-OH is 2. The number of halogens is 1. The summed E-state index contributed by atoms with van der Waals surface area (Å²) in [5.41, 5.74) is 0.981. The minimum atomic E-state index is -1.82. The number of nitriles is 1. The van der Waals surface area contributed by atoms with E-state index in [1.807, 2.05) is 11.0 Å². The number of hydrogen-bond acceptors (Lipinski definition) is 7. The number of piperazine rings is 1. The fourth-order valence-electron chi connectivity index (χ4n) is 3.95. The van der Waals surface area contributed by atoms with E-state index >= 15 is 0 Å². The van der Waals surface area contributed by atoms with Crippen molar-refractivity contribution >= 4 is 17.5 Å². The second kappa shape index (κ2) is 10.5. The molecule has 31 heavy (non-hydrogen) atoms. The van der Waals surface area contributed by atoms with E-state index in [-0.39, 0.29) is 11.5 Å². The molecule has 2 saturated heterocycles. The minimum Gasteiger partial charge on any atom is -0.380 e. The molecule has 1 aromatic carbocycles. The third-order valence-corrected chi connectivity index (χ3v) is 5.85. The Kier molecular flexibility index (Phi) is 7.79. The lowest BCUT2D eigenvalue weighted by Crippen LogP contribution is -2.55. The first-order valence-corrected chi connectivity index (χ1v) is 10.5. The van der Waals surface area contributed by atoms with Gasteiger partial charge in [0.05, 0.1) is 11.3 Å². The van der Waals surface area contributed by atoms with Crippen molar-refractivity contribution in [2.45, 2.75) is 25.0 Å². The standard InChI is InChI=1S/C21H28FN5O4/c22-16-1-2-17(15(11-16)12-23)26-7-3-14(4-8-26)13-25-20(30)18(28)19(29)21(31)27-9-5-24-6-10-27/h1-2,11,14,18-19,24,28-29H,3-10,13H2,(H,25,30). The van der Waals surface area contributed by atoms with Gasteiger partial charge in [-0.25, -0.2) is 4.39 Å². The Balaban J connectivity index is 1.45. The molecule has 0 saturated carbocycles. The Morgan fingerprint density at radius 2 is 1.87 bits per heavy atom. The number of hydrogen-bond donors (Lipinski definition) is 4. The topological polar surface area (TPSA) is 129 Å². The van der Waals surface area contributed by atoms with Crippen molar-refractivity contribution < 1.29 is 24.2 Å². The van der Waals surface area contributed by atoms with Crippen molar-refractivity contribution in [3.63, 3.8) is 0 Å². The number of nitrogens with zero attached hydrogens (tertiary/aromatic N) is 3. The molecule has 2 amide bonds. The number of anilines is 1. The Morgan fingerprint density at radius 3 is 2.52 bits per heavy atom. The maximum atomic E-state index is 13.3. The van der Waals surface area contributed by atoms with Crippen molar-refractivity contribution in [2.75, 3.05) is 50.7 Å². The highest BCUT2D eigenvalue weighted by Crippen LogP contribution is 2.26. The largest absolute Gasteiger partial charge is 0.380 e. The molecule has 2 aliphatic rings. The lowest BCUT2D eigenvalue weighted by atomic mass is 9.95. The van der Waals surface area contributed by atoms with E-state index in [1.54, 1.807) is 6.07 Å². The van der Waals surface area contributed by atoms with Crippen molar-refractivity contribution in [3.05, 3.63) is 29.6 Å². The molecular formula is C21H28FN5O4. The third-order valence-electron chi connectivity index (χ3n) is 5.85. The molecular weight excluding hydrogens is 405 g/mol. The summed E-state index contributed by atoms with van der Waals surface area (Å²) < 4.78 is 13.3. The number of rotatable bonds is 6. The smallest absolute Gasteiger partial charge is 0.254 e. The summed E-state index contributed by atoms with van der Waals surface area (Å²) in [6.45, 7) is 3.66. The van der Waals surface area contributed by atoms with E-state index in [9.17, 15) is 29.5 Å². The van der Waals surface area contributed by atoms with Crippen LogP contribution in [-0.2, 0) is 9.59 Å². The molecule has 2 atom stereocenters. The van der Waals surface area contributed by atoms with E-state index in [2.05, 4.69) is 10.6 Å². The van der Waals surface area contributed by atoms with Gasteiger partial charge in [-0.15, -0.1) is 0 Å². The average Bonchev–Trinajstić information content (AvgIpc) is 2.81. The van der Waals surface area contributed by atoms with Crippen LogP contribution in [0.3, 0.4) is 0 Å². The van der Waals surface area contributed by atoms with Gasteiger partial charge in [-0.05, 0) is 37.0 Å². The summed E-state index contributed by atoms with van der Waals surface area (Å²) in [5, 5.41) is 35.1. The summed E-state index contributed by atoms with van der Waals surface area (Å²) in [5.74, 6) is -1.72. The van der Waals surface area contributed by atoms with Gasteiger partial charge in [0.25, 0.3) is 11.8 Å². The van der Waals surface area contributed by atoms with Gasteiger partial charge >= 0.3 is 0 Å². The maximum Gasteiger partial charge on any atom is 0.254 e. The van der Waals surface area contributed by atoms with Crippen LogP contribution in [0.1, 0.15) is 18.4 Å². The first-order valence-electron chi connectivity index (χ1n) is 10.5. The lowest BCUT2D eigenvalue weighted by molar-refractivity contribution is -0.153. The maximum absolute atomic E-state index is 13.3. The molecule has 0 aromatic heterocycles. The van der Waals surface area contributed by atoms with Crippen LogP contribution in [0.25, 0.3) is 0 Å². The quantitative estimate of drug-likeness (QED) is 0.462. The van der Waals surface area contributed by atoms with E-state index in [0.717, 1.165) is 12.8 Å². The van der Waals surface area contributed by atoms with Crippen LogP contribution < -0.4 is 15.5 Å². The number of nitrogens with one attached hydrogen (secondary N) is 2. The number of carbonyl (C=O) groups is 2. The second-order valence-electron chi connectivity index (χ2n) is 7.91. The number of aliphatic hydroxyl groups is 2. The van der Waals surface area contributed by atoms with Crippen LogP contribution >= 0.6 is 0 Å². The number of benzene rings is 1. The van der Waals surface area contributed by atoms with Crippen LogP contribution in [0.5, 0.6) is 0 Å². The summed E-state index contributed by atoms with van der Waals surface area (Å²) in [6, 6.07) is 6.17. The highest BCUT2D eigenvalue weighted by atomic mass is 19.1. The molecule has 2 fully saturated rings. The number of amides is 2. The van der Waals surface area contributed by atoms with Gasteiger partial charge in [-0.3, -0.25) is 9.59 Å². The van der Waals surface area contributed by atoms with E-state index in [0.29, 0.717) is 51.5 Å². The zero-order valence-electron chi connectivity index (χ0n) is 17.3. The minimum absolute atomic E-state index is 0.152. The van der Waals surface area contributed by atoms with Crippen LogP contribution in [0, 0.1) is 23.1 Å². The van der Waals surface area contributed by atoms with Gasteiger partial charge in [0, 0.05) is 45.8 Å². The molecule has 0 aliphatic carbocycles.